The summed E-state index contributed by atoms with van der Waals surface area (Å²) in [6.45, 7) is 1.58. The van der Waals surface area contributed by atoms with E-state index in [4.69, 9.17) is 5.11 Å². The molecule has 1 aromatic rings. The molecule has 0 aliphatic carbocycles. The number of carbonyl (C=O) groups is 2. The standard InChI is InChI=1S/C15H22N2O3S/c1-11(10-18)16-15(20)13(8-9-21-2)17-14(19)12-6-4-3-5-7-12/h3-7,11,13,18H,8-10H2,1-2H3,(H,16,20)(H,17,19). The summed E-state index contributed by atoms with van der Waals surface area (Å²) in [5.41, 5.74) is 0.523. The Morgan fingerprint density at radius 3 is 2.48 bits per heavy atom. The summed E-state index contributed by atoms with van der Waals surface area (Å²) in [5.74, 6) is 0.226. The molecule has 0 aromatic heterocycles. The average molecular weight is 310 g/mol. The Kier molecular flexibility index (Phi) is 7.85. The van der Waals surface area contributed by atoms with Gasteiger partial charge in [-0.05, 0) is 37.5 Å². The molecule has 1 rings (SSSR count). The second-order valence-corrected chi connectivity index (χ2v) is 5.75. The molecule has 0 aliphatic rings. The summed E-state index contributed by atoms with van der Waals surface area (Å²) in [7, 11) is 0. The van der Waals surface area contributed by atoms with Gasteiger partial charge < -0.3 is 15.7 Å². The van der Waals surface area contributed by atoms with Crippen molar-refractivity contribution in [2.75, 3.05) is 18.6 Å². The third kappa shape index (κ3) is 6.18. The van der Waals surface area contributed by atoms with Crippen LogP contribution in [0.4, 0.5) is 0 Å². The fraction of sp³-hybridized carbons (Fsp3) is 0.467. The monoisotopic (exact) mass is 310 g/mol. The minimum atomic E-state index is -0.598. The normalized spacial score (nSPS) is 13.3. The molecule has 0 fully saturated rings. The van der Waals surface area contributed by atoms with Crippen molar-refractivity contribution in [1.82, 2.24) is 10.6 Å². The average Bonchev–Trinajstić information content (AvgIpc) is 2.51. The van der Waals surface area contributed by atoms with Crippen molar-refractivity contribution in [2.24, 2.45) is 0 Å². The number of amides is 2. The molecule has 21 heavy (non-hydrogen) atoms. The lowest BCUT2D eigenvalue weighted by molar-refractivity contribution is -0.123. The molecule has 6 heteroatoms. The van der Waals surface area contributed by atoms with Crippen molar-refractivity contribution in [3.05, 3.63) is 35.9 Å². The summed E-state index contributed by atoms with van der Waals surface area (Å²) in [6, 6.07) is 7.86. The number of rotatable bonds is 8. The van der Waals surface area contributed by atoms with E-state index in [0.717, 1.165) is 5.75 Å². The van der Waals surface area contributed by atoms with Crippen LogP contribution in [0, 0.1) is 0 Å². The highest BCUT2D eigenvalue weighted by Crippen LogP contribution is 2.04. The maximum Gasteiger partial charge on any atom is 0.251 e. The van der Waals surface area contributed by atoms with Gasteiger partial charge in [0.25, 0.3) is 5.91 Å². The number of hydrogen-bond acceptors (Lipinski definition) is 4. The molecule has 0 aliphatic heterocycles. The molecule has 0 bridgehead atoms. The van der Waals surface area contributed by atoms with Gasteiger partial charge in [-0.1, -0.05) is 18.2 Å². The number of thioether (sulfide) groups is 1. The zero-order valence-electron chi connectivity index (χ0n) is 12.3. The number of aliphatic hydroxyl groups excluding tert-OH is 1. The molecule has 2 amide bonds. The molecular weight excluding hydrogens is 288 g/mol. The predicted molar refractivity (Wildman–Crippen MR) is 85.4 cm³/mol. The Morgan fingerprint density at radius 1 is 1.24 bits per heavy atom. The number of hydrogen-bond donors (Lipinski definition) is 3. The summed E-state index contributed by atoms with van der Waals surface area (Å²) >= 11 is 1.61. The summed E-state index contributed by atoms with van der Waals surface area (Å²) in [6.07, 6.45) is 2.49. The Morgan fingerprint density at radius 2 is 1.90 bits per heavy atom. The number of nitrogens with one attached hydrogen (secondary N) is 2. The lowest BCUT2D eigenvalue weighted by Gasteiger charge is -2.20. The number of benzene rings is 1. The minimum Gasteiger partial charge on any atom is -0.394 e. The Bertz CT molecular complexity index is 453. The first-order valence-electron chi connectivity index (χ1n) is 6.84. The van der Waals surface area contributed by atoms with Crippen LogP contribution in [0.2, 0.25) is 0 Å². The maximum atomic E-state index is 12.1. The van der Waals surface area contributed by atoms with Gasteiger partial charge in [0.1, 0.15) is 6.04 Å². The zero-order chi connectivity index (χ0) is 15.7. The first kappa shape index (κ1) is 17.5. The minimum absolute atomic E-state index is 0.131. The van der Waals surface area contributed by atoms with Crippen molar-refractivity contribution in [3.63, 3.8) is 0 Å². The van der Waals surface area contributed by atoms with Crippen LogP contribution >= 0.6 is 11.8 Å². The van der Waals surface area contributed by atoms with Crippen LogP contribution in [0.1, 0.15) is 23.7 Å². The Balaban J connectivity index is 2.69. The molecular formula is C15H22N2O3S. The van der Waals surface area contributed by atoms with E-state index in [-0.39, 0.29) is 24.5 Å². The number of aliphatic hydroxyl groups is 1. The Hall–Kier alpha value is -1.53. The second kappa shape index (κ2) is 9.41. The molecule has 5 nitrogen and oxygen atoms in total. The molecule has 1 aromatic carbocycles. The van der Waals surface area contributed by atoms with Gasteiger partial charge in [0.15, 0.2) is 0 Å². The van der Waals surface area contributed by atoms with Crippen LogP contribution < -0.4 is 10.6 Å². The summed E-state index contributed by atoms with van der Waals surface area (Å²) in [4.78, 5) is 24.3. The zero-order valence-corrected chi connectivity index (χ0v) is 13.2. The topological polar surface area (TPSA) is 78.4 Å². The fourth-order valence-electron chi connectivity index (χ4n) is 1.72. The first-order chi connectivity index (χ1) is 10.1. The van der Waals surface area contributed by atoms with Gasteiger partial charge in [-0.15, -0.1) is 0 Å². The molecule has 116 valence electrons. The van der Waals surface area contributed by atoms with Crippen molar-refractivity contribution >= 4 is 23.6 Å². The van der Waals surface area contributed by atoms with Crippen LogP contribution in [-0.4, -0.2) is 47.6 Å². The molecule has 2 atom stereocenters. The third-order valence-corrected chi connectivity index (χ3v) is 3.57. The van der Waals surface area contributed by atoms with Crippen molar-refractivity contribution in [1.29, 1.82) is 0 Å². The first-order valence-corrected chi connectivity index (χ1v) is 8.24. The Labute approximate surface area is 129 Å². The predicted octanol–water partition coefficient (Wildman–Crippen LogP) is 1.04. The molecule has 2 unspecified atom stereocenters. The largest absolute Gasteiger partial charge is 0.394 e. The van der Waals surface area contributed by atoms with Gasteiger partial charge in [0.05, 0.1) is 6.61 Å². The van der Waals surface area contributed by atoms with E-state index >= 15 is 0 Å². The number of carbonyl (C=O) groups excluding carboxylic acids is 2. The van der Waals surface area contributed by atoms with Gasteiger partial charge in [0.2, 0.25) is 5.91 Å². The van der Waals surface area contributed by atoms with Crippen LogP contribution in [0.15, 0.2) is 30.3 Å². The molecule has 0 saturated carbocycles. The highest BCUT2D eigenvalue weighted by Gasteiger charge is 2.22. The van der Waals surface area contributed by atoms with E-state index in [1.807, 2.05) is 12.3 Å². The van der Waals surface area contributed by atoms with E-state index in [9.17, 15) is 9.59 Å². The molecule has 0 saturated heterocycles. The van der Waals surface area contributed by atoms with Crippen molar-refractivity contribution in [3.8, 4) is 0 Å². The lowest BCUT2D eigenvalue weighted by Crippen LogP contribution is -2.50. The van der Waals surface area contributed by atoms with Gasteiger partial charge >= 0.3 is 0 Å². The lowest BCUT2D eigenvalue weighted by atomic mass is 10.1. The van der Waals surface area contributed by atoms with Gasteiger partial charge in [-0.3, -0.25) is 9.59 Å². The molecule has 3 N–H and O–H groups in total. The highest BCUT2D eigenvalue weighted by molar-refractivity contribution is 7.98. The van der Waals surface area contributed by atoms with E-state index in [1.165, 1.54) is 0 Å². The van der Waals surface area contributed by atoms with Gasteiger partial charge in [-0.2, -0.15) is 11.8 Å². The van der Waals surface area contributed by atoms with Gasteiger partial charge in [0, 0.05) is 11.6 Å². The highest BCUT2D eigenvalue weighted by atomic mass is 32.2. The molecule has 0 radical (unpaired) electrons. The van der Waals surface area contributed by atoms with E-state index in [1.54, 1.807) is 43.0 Å². The van der Waals surface area contributed by atoms with Crippen LogP contribution in [0.3, 0.4) is 0 Å². The summed E-state index contributed by atoms with van der Waals surface area (Å²) in [5, 5.41) is 14.4. The SMILES string of the molecule is CSCCC(NC(=O)c1ccccc1)C(=O)NC(C)CO. The molecule has 0 heterocycles. The van der Waals surface area contributed by atoms with Crippen molar-refractivity contribution in [2.45, 2.75) is 25.4 Å². The summed E-state index contributed by atoms with van der Waals surface area (Å²) < 4.78 is 0. The van der Waals surface area contributed by atoms with Crippen LogP contribution in [-0.2, 0) is 4.79 Å². The van der Waals surface area contributed by atoms with E-state index < -0.39 is 6.04 Å². The maximum absolute atomic E-state index is 12.1. The molecule has 0 spiro atoms. The quantitative estimate of drug-likeness (QED) is 0.670. The van der Waals surface area contributed by atoms with Crippen LogP contribution in [0.5, 0.6) is 0 Å². The third-order valence-electron chi connectivity index (χ3n) is 2.93. The van der Waals surface area contributed by atoms with Crippen LogP contribution in [0.25, 0.3) is 0 Å². The van der Waals surface area contributed by atoms with Gasteiger partial charge in [-0.25, -0.2) is 0 Å². The van der Waals surface area contributed by atoms with E-state index in [0.29, 0.717) is 12.0 Å². The second-order valence-electron chi connectivity index (χ2n) is 4.77. The fourth-order valence-corrected chi connectivity index (χ4v) is 2.20. The smallest absolute Gasteiger partial charge is 0.251 e. The van der Waals surface area contributed by atoms with Crippen molar-refractivity contribution < 1.29 is 14.7 Å². The van der Waals surface area contributed by atoms with E-state index in [2.05, 4.69) is 10.6 Å².